The summed E-state index contributed by atoms with van der Waals surface area (Å²) in [4.78, 5) is 14.2. The molecule has 18 heavy (non-hydrogen) atoms. The predicted molar refractivity (Wildman–Crippen MR) is 67.3 cm³/mol. The fourth-order valence-corrected chi connectivity index (χ4v) is 1.81. The molecule has 0 aliphatic heterocycles. The zero-order valence-corrected chi connectivity index (χ0v) is 10.2. The minimum absolute atomic E-state index is 0.0166. The maximum Gasteiger partial charge on any atom is 0.270 e. The quantitative estimate of drug-likeness (QED) is 0.677. The van der Waals surface area contributed by atoms with Crippen LogP contribution in [0, 0.1) is 10.1 Å². The Morgan fingerprint density at radius 2 is 2.28 bits per heavy atom. The van der Waals surface area contributed by atoms with Gasteiger partial charge in [-0.15, -0.1) is 0 Å². The summed E-state index contributed by atoms with van der Waals surface area (Å²) in [6.07, 6.45) is 3.47. The molecule has 0 spiro atoms. The maximum atomic E-state index is 10.6. The number of nitrogens with zero attached hydrogens (tertiary/aromatic N) is 3. The summed E-state index contributed by atoms with van der Waals surface area (Å²) in [7, 11) is 0. The first kappa shape index (κ1) is 12.5. The molecule has 0 aliphatic rings. The third-order valence-corrected chi connectivity index (χ3v) is 2.85. The second kappa shape index (κ2) is 5.16. The Bertz CT molecular complexity index is 582. The monoisotopic (exact) mass is 266 g/mol. The zero-order valence-electron chi connectivity index (χ0n) is 9.41. The van der Waals surface area contributed by atoms with Crippen LogP contribution in [0.15, 0.2) is 30.7 Å². The number of halogens is 1. The van der Waals surface area contributed by atoms with Crippen molar-refractivity contribution < 1.29 is 4.92 Å². The lowest BCUT2D eigenvalue weighted by Gasteiger charge is -2.04. The van der Waals surface area contributed by atoms with Crippen molar-refractivity contribution in [3.05, 3.63) is 57.1 Å². The van der Waals surface area contributed by atoms with Crippen molar-refractivity contribution in [3.8, 4) is 0 Å². The molecule has 2 N–H and O–H groups in total. The van der Waals surface area contributed by atoms with Crippen LogP contribution in [-0.2, 0) is 13.1 Å². The summed E-state index contributed by atoms with van der Waals surface area (Å²) in [6, 6.07) is 4.42. The van der Waals surface area contributed by atoms with Gasteiger partial charge in [0.25, 0.3) is 5.69 Å². The topological polar surface area (TPSA) is 87.0 Å². The number of imidazole rings is 1. The van der Waals surface area contributed by atoms with E-state index in [1.54, 1.807) is 12.4 Å². The molecule has 1 aromatic heterocycles. The van der Waals surface area contributed by atoms with Gasteiger partial charge in [-0.05, 0) is 11.6 Å². The van der Waals surface area contributed by atoms with Crippen LogP contribution in [-0.4, -0.2) is 14.5 Å². The number of hydrogen-bond donors (Lipinski definition) is 1. The Labute approximate surface area is 108 Å². The number of nitro benzene ring substituents is 1. The molecular formula is C11H11ClN4O2. The first-order valence-corrected chi connectivity index (χ1v) is 5.61. The minimum atomic E-state index is -0.473. The van der Waals surface area contributed by atoms with E-state index in [4.69, 9.17) is 17.3 Å². The lowest BCUT2D eigenvalue weighted by Crippen LogP contribution is -1.99. The number of rotatable bonds is 4. The molecule has 6 nitrogen and oxygen atoms in total. The standard InChI is InChI=1S/C11H11ClN4O2/c12-11-3-10(16(17)18)2-1-8(11)5-15-6-9(4-13)14-7-15/h1-3,6-7H,4-5,13H2. The lowest BCUT2D eigenvalue weighted by atomic mass is 10.2. The second-order valence-corrected chi connectivity index (χ2v) is 4.18. The Kier molecular flexibility index (Phi) is 3.59. The minimum Gasteiger partial charge on any atom is -0.333 e. The molecule has 7 heteroatoms. The van der Waals surface area contributed by atoms with E-state index in [0.29, 0.717) is 18.1 Å². The molecule has 2 aromatic rings. The number of non-ortho nitro benzene ring substituents is 1. The van der Waals surface area contributed by atoms with Crippen molar-refractivity contribution in [1.82, 2.24) is 9.55 Å². The fourth-order valence-electron chi connectivity index (χ4n) is 1.57. The molecule has 2 rings (SSSR count). The van der Waals surface area contributed by atoms with Gasteiger partial charge in [0.1, 0.15) is 0 Å². The van der Waals surface area contributed by atoms with Gasteiger partial charge in [0.05, 0.1) is 22.0 Å². The van der Waals surface area contributed by atoms with Gasteiger partial charge in [-0.1, -0.05) is 11.6 Å². The van der Waals surface area contributed by atoms with Crippen LogP contribution in [0.1, 0.15) is 11.3 Å². The van der Waals surface area contributed by atoms with Crippen LogP contribution in [0.4, 0.5) is 5.69 Å². The van der Waals surface area contributed by atoms with E-state index < -0.39 is 4.92 Å². The van der Waals surface area contributed by atoms with E-state index in [-0.39, 0.29) is 5.69 Å². The summed E-state index contributed by atoms with van der Waals surface area (Å²) in [5.41, 5.74) is 7.03. The number of nitro groups is 1. The van der Waals surface area contributed by atoms with E-state index in [9.17, 15) is 10.1 Å². The van der Waals surface area contributed by atoms with Gasteiger partial charge in [-0.25, -0.2) is 4.98 Å². The van der Waals surface area contributed by atoms with Gasteiger partial charge in [-0.2, -0.15) is 0 Å². The number of benzene rings is 1. The van der Waals surface area contributed by atoms with Gasteiger partial charge >= 0.3 is 0 Å². The van der Waals surface area contributed by atoms with Crippen molar-refractivity contribution in [3.63, 3.8) is 0 Å². The predicted octanol–water partition coefficient (Wildman–Crippen LogP) is 1.95. The number of hydrogen-bond acceptors (Lipinski definition) is 4. The molecule has 0 aliphatic carbocycles. The van der Waals surface area contributed by atoms with Crippen LogP contribution >= 0.6 is 11.6 Å². The highest BCUT2D eigenvalue weighted by Crippen LogP contribution is 2.23. The summed E-state index contributed by atoms with van der Waals surface area (Å²) < 4.78 is 1.83. The van der Waals surface area contributed by atoms with Gasteiger partial charge in [0.2, 0.25) is 0 Å². The highest BCUT2D eigenvalue weighted by atomic mass is 35.5. The van der Waals surface area contributed by atoms with Crippen LogP contribution in [0.5, 0.6) is 0 Å². The molecule has 0 saturated heterocycles. The van der Waals surface area contributed by atoms with Crippen molar-refractivity contribution >= 4 is 17.3 Å². The summed E-state index contributed by atoms with van der Waals surface area (Å²) in [5.74, 6) is 0. The van der Waals surface area contributed by atoms with E-state index in [1.807, 2.05) is 10.8 Å². The van der Waals surface area contributed by atoms with E-state index in [0.717, 1.165) is 11.3 Å². The molecule has 0 unspecified atom stereocenters. The Morgan fingerprint density at radius 3 is 2.83 bits per heavy atom. The molecule has 1 heterocycles. The normalized spacial score (nSPS) is 10.6. The molecule has 0 atom stereocenters. The van der Waals surface area contributed by atoms with Crippen LogP contribution in [0.3, 0.4) is 0 Å². The van der Waals surface area contributed by atoms with Crippen LogP contribution in [0.25, 0.3) is 0 Å². The number of aromatic nitrogens is 2. The number of nitrogens with two attached hydrogens (primary N) is 1. The molecule has 0 radical (unpaired) electrons. The highest BCUT2D eigenvalue weighted by Gasteiger charge is 2.09. The molecule has 94 valence electrons. The Morgan fingerprint density at radius 1 is 1.50 bits per heavy atom. The SMILES string of the molecule is NCc1cn(Cc2ccc([N+](=O)[O-])cc2Cl)cn1. The van der Waals surface area contributed by atoms with Crippen molar-refractivity contribution in [2.24, 2.45) is 5.73 Å². The smallest absolute Gasteiger partial charge is 0.270 e. The molecule has 0 saturated carbocycles. The summed E-state index contributed by atoms with van der Waals surface area (Å²) >= 11 is 6.00. The maximum absolute atomic E-state index is 10.6. The van der Waals surface area contributed by atoms with Gasteiger partial charge in [0.15, 0.2) is 0 Å². The average Bonchev–Trinajstić information content (AvgIpc) is 2.79. The lowest BCUT2D eigenvalue weighted by molar-refractivity contribution is -0.384. The van der Waals surface area contributed by atoms with Crippen LogP contribution < -0.4 is 5.73 Å². The van der Waals surface area contributed by atoms with Gasteiger partial charge in [0, 0.05) is 31.4 Å². The Hall–Kier alpha value is -1.92. The average molecular weight is 267 g/mol. The third-order valence-electron chi connectivity index (χ3n) is 2.50. The summed E-state index contributed by atoms with van der Waals surface area (Å²) in [6.45, 7) is 0.880. The molecule has 0 amide bonds. The van der Waals surface area contributed by atoms with Crippen LogP contribution in [0.2, 0.25) is 5.02 Å². The zero-order chi connectivity index (χ0) is 13.1. The van der Waals surface area contributed by atoms with Gasteiger partial charge < -0.3 is 10.3 Å². The highest BCUT2D eigenvalue weighted by molar-refractivity contribution is 6.31. The van der Waals surface area contributed by atoms with Crippen molar-refractivity contribution in [1.29, 1.82) is 0 Å². The molecular weight excluding hydrogens is 256 g/mol. The first-order chi connectivity index (χ1) is 8.60. The fraction of sp³-hybridized carbons (Fsp3) is 0.182. The third kappa shape index (κ3) is 2.66. The van der Waals surface area contributed by atoms with Crippen molar-refractivity contribution in [2.75, 3.05) is 0 Å². The molecule has 1 aromatic carbocycles. The molecule has 0 fully saturated rings. The largest absolute Gasteiger partial charge is 0.333 e. The van der Waals surface area contributed by atoms with Gasteiger partial charge in [-0.3, -0.25) is 10.1 Å². The first-order valence-electron chi connectivity index (χ1n) is 5.23. The van der Waals surface area contributed by atoms with E-state index in [2.05, 4.69) is 4.98 Å². The van der Waals surface area contributed by atoms with Crippen molar-refractivity contribution in [2.45, 2.75) is 13.1 Å². The summed E-state index contributed by atoms with van der Waals surface area (Å²) in [5, 5.41) is 11.0. The Balaban J connectivity index is 2.21. The van der Waals surface area contributed by atoms with E-state index >= 15 is 0 Å². The second-order valence-electron chi connectivity index (χ2n) is 3.77. The van der Waals surface area contributed by atoms with E-state index in [1.165, 1.54) is 12.1 Å². The molecule has 0 bridgehead atoms.